The van der Waals surface area contributed by atoms with Gasteiger partial charge in [0.15, 0.2) is 0 Å². The molecule has 2 aliphatic heterocycles. The van der Waals surface area contributed by atoms with E-state index in [-0.39, 0.29) is 12.1 Å². The third kappa shape index (κ3) is 5.32. The Labute approximate surface area is 148 Å². The molecule has 0 spiro atoms. The topological polar surface area (TPSA) is 63.3 Å². The SMILES string of the molecule is COc1ccc(NC(=O)N2CCC(OCCN3CCOCC3)C2)cc1. The summed E-state index contributed by atoms with van der Waals surface area (Å²) < 4.78 is 16.4. The Balaban J connectivity index is 1.37. The highest BCUT2D eigenvalue weighted by Gasteiger charge is 2.27. The number of morpholine rings is 1. The lowest BCUT2D eigenvalue weighted by molar-refractivity contribution is 0.00492. The van der Waals surface area contributed by atoms with Gasteiger partial charge in [-0.3, -0.25) is 4.90 Å². The van der Waals surface area contributed by atoms with Gasteiger partial charge in [-0.25, -0.2) is 4.79 Å². The van der Waals surface area contributed by atoms with E-state index in [1.54, 1.807) is 7.11 Å². The first-order valence-corrected chi connectivity index (χ1v) is 8.86. The van der Waals surface area contributed by atoms with Crippen molar-refractivity contribution in [2.45, 2.75) is 12.5 Å². The lowest BCUT2D eigenvalue weighted by Crippen LogP contribution is -2.39. The van der Waals surface area contributed by atoms with Crippen LogP contribution in [0.2, 0.25) is 0 Å². The molecule has 138 valence electrons. The molecule has 3 rings (SSSR count). The molecule has 2 amide bonds. The van der Waals surface area contributed by atoms with Crippen molar-refractivity contribution in [2.24, 2.45) is 0 Å². The second-order valence-corrected chi connectivity index (χ2v) is 6.34. The monoisotopic (exact) mass is 349 g/mol. The number of hydrogen-bond acceptors (Lipinski definition) is 5. The van der Waals surface area contributed by atoms with Crippen molar-refractivity contribution in [2.75, 3.05) is 65.0 Å². The van der Waals surface area contributed by atoms with Crippen molar-refractivity contribution in [1.29, 1.82) is 0 Å². The summed E-state index contributed by atoms with van der Waals surface area (Å²) in [6.45, 7) is 6.58. The molecule has 0 radical (unpaired) electrons. The third-order valence-corrected chi connectivity index (χ3v) is 4.64. The maximum absolute atomic E-state index is 12.3. The Morgan fingerprint density at radius 2 is 2.00 bits per heavy atom. The minimum atomic E-state index is -0.0792. The Morgan fingerprint density at radius 1 is 1.24 bits per heavy atom. The molecule has 1 unspecified atom stereocenters. The largest absolute Gasteiger partial charge is 0.497 e. The summed E-state index contributed by atoms with van der Waals surface area (Å²) in [7, 11) is 1.62. The standard InChI is InChI=1S/C18H27N3O4/c1-23-16-4-2-15(3-5-16)19-18(22)21-7-6-17(14-21)25-13-10-20-8-11-24-12-9-20/h2-5,17H,6-14H2,1H3,(H,19,22). The van der Waals surface area contributed by atoms with Crippen LogP contribution in [-0.2, 0) is 9.47 Å². The second kappa shape index (κ2) is 9.03. The number of ether oxygens (including phenoxy) is 3. The number of methoxy groups -OCH3 is 1. The number of rotatable bonds is 6. The lowest BCUT2D eigenvalue weighted by Gasteiger charge is -2.26. The van der Waals surface area contributed by atoms with Crippen molar-refractivity contribution < 1.29 is 19.0 Å². The van der Waals surface area contributed by atoms with E-state index < -0.39 is 0 Å². The fraction of sp³-hybridized carbons (Fsp3) is 0.611. The number of urea groups is 1. The first kappa shape index (κ1) is 18.0. The molecule has 1 N–H and O–H groups in total. The highest BCUT2D eigenvalue weighted by molar-refractivity contribution is 5.89. The predicted molar refractivity (Wildman–Crippen MR) is 95.2 cm³/mol. The number of likely N-dealkylation sites (tertiary alicyclic amines) is 1. The Morgan fingerprint density at radius 3 is 2.72 bits per heavy atom. The van der Waals surface area contributed by atoms with Crippen LogP contribution in [0.15, 0.2) is 24.3 Å². The highest BCUT2D eigenvalue weighted by atomic mass is 16.5. The molecule has 0 aliphatic carbocycles. The summed E-state index contributed by atoms with van der Waals surface area (Å²) in [5.74, 6) is 0.771. The Kier molecular flexibility index (Phi) is 6.49. The zero-order valence-corrected chi connectivity index (χ0v) is 14.8. The van der Waals surface area contributed by atoms with Crippen LogP contribution in [0.3, 0.4) is 0 Å². The minimum Gasteiger partial charge on any atom is -0.497 e. The molecule has 1 aromatic rings. The van der Waals surface area contributed by atoms with Gasteiger partial charge in [-0.05, 0) is 30.7 Å². The molecular formula is C18H27N3O4. The normalized spacial score (nSPS) is 21.3. The van der Waals surface area contributed by atoms with Gasteiger partial charge in [-0.15, -0.1) is 0 Å². The van der Waals surface area contributed by atoms with Gasteiger partial charge in [-0.2, -0.15) is 0 Å². The molecule has 0 saturated carbocycles. The molecule has 7 nitrogen and oxygen atoms in total. The third-order valence-electron chi connectivity index (χ3n) is 4.64. The summed E-state index contributed by atoms with van der Waals surface area (Å²) in [5.41, 5.74) is 0.766. The van der Waals surface area contributed by atoms with E-state index in [2.05, 4.69) is 10.2 Å². The predicted octanol–water partition coefficient (Wildman–Crippen LogP) is 1.65. The van der Waals surface area contributed by atoms with Gasteiger partial charge in [0.2, 0.25) is 0 Å². The van der Waals surface area contributed by atoms with Crippen LogP contribution in [-0.4, -0.2) is 81.6 Å². The molecule has 7 heteroatoms. The first-order chi connectivity index (χ1) is 12.2. The molecular weight excluding hydrogens is 322 g/mol. The van der Waals surface area contributed by atoms with Gasteiger partial charge in [0, 0.05) is 38.4 Å². The van der Waals surface area contributed by atoms with Crippen LogP contribution in [0.5, 0.6) is 5.75 Å². The summed E-state index contributed by atoms with van der Waals surface area (Å²) in [5, 5.41) is 2.92. The molecule has 1 aromatic carbocycles. The zero-order chi connectivity index (χ0) is 17.5. The van der Waals surface area contributed by atoms with Gasteiger partial charge in [-0.1, -0.05) is 0 Å². The first-order valence-electron chi connectivity index (χ1n) is 8.86. The van der Waals surface area contributed by atoms with Crippen molar-refractivity contribution in [3.8, 4) is 5.75 Å². The maximum Gasteiger partial charge on any atom is 0.321 e. The van der Waals surface area contributed by atoms with Gasteiger partial charge in [0.1, 0.15) is 5.75 Å². The maximum atomic E-state index is 12.3. The van der Waals surface area contributed by atoms with Gasteiger partial charge in [0.05, 0.1) is 33.0 Å². The number of nitrogens with one attached hydrogen (secondary N) is 1. The smallest absolute Gasteiger partial charge is 0.321 e. The van der Waals surface area contributed by atoms with Crippen LogP contribution in [0.1, 0.15) is 6.42 Å². The quantitative estimate of drug-likeness (QED) is 0.846. The molecule has 25 heavy (non-hydrogen) atoms. The average molecular weight is 349 g/mol. The number of carbonyl (C=O) groups is 1. The molecule has 2 saturated heterocycles. The van der Waals surface area contributed by atoms with E-state index in [9.17, 15) is 4.79 Å². The van der Waals surface area contributed by atoms with E-state index in [0.29, 0.717) is 13.2 Å². The summed E-state index contributed by atoms with van der Waals surface area (Å²) in [4.78, 5) is 16.5. The minimum absolute atomic E-state index is 0.0792. The van der Waals surface area contributed by atoms with E-state index in [1.807, 2.05) is 29.2 Å². The highest BCUT2D eigenvalue weighted by Crippen LogP contribution is 2.18. The van der Waals surface area contributed by atoms with Crippen molar-refractivity contribution in [3.63, 3.8) is 0 Å². The summed E-state index contributed by atoms with van der Waals surface area (Å²) in [6, 6.07) is 7.25. The molecule has 2 heterocycles. The van der Waals surface area contributed by atoms with Crippen LogP contribution in [0, 0.1) is 0 Å². The summed E-state index contributed by atoms with van der Waals surface area (Å²) >= 11 is 0. The number of nitrogens with zero attached hydrogens (tertiary/aromatic N) is 2. The number of carbonyl (C=O) groups excluding carboxylic acids is 1. The van der Waals surface area contributed by atoms with Crippen molar-refractivity contribution >= 4 is 11.7 Å². The number of anilines is 1. The lowest BCUT2D eigenvalue weighted by atomic mass is 10.3. The number of amides is 2. The fourth-order valence-corrected chi connectivity index (χ4v) is 3.10. The summed E-state index contributed by atoms with van der Waals surface area (Å²) in [6.07, 6.45) is 1.02. The Hall–Kier alpha value is -1.83. The van der Waals surface area contributed by atoms with Crippen LogP contribution < -0.4 is 10.1 Å². The second-order valence-electron chi connectivity index (χ2n) is 6.34. The van der Waals surface area contributed by atoms with Gasteiger partial charge in [0.25, 0.3) is 0 Å². The van der Waals surface area contributed by atoms with Gasteiger partial charge >= 0.3 is 6.03 Å². The molecule has 0 bridgehead atoms. The molecule has 1 atom stereocenters. The molecule has 2 aliphatic rings. The Bertz CT molecular complexity index is 546. The van der Waals surface area contributed by atoms with Crippen molar-refractivity contribution in [1.82, 2.24) is 9.80 Å². The number of benzene rings is 1. The number of hydrogen-bond donors (Lipinski definition) is 1. The average Bonchev–Trinajstić information content (AvgIpc) is 3.12. The molecule has 2 fully saturated rings. The molecule has 0 aromatic heterocycles. The fourth-order valence-electron chi connectivity index (χ4n) is 3.10. The van der Waals surface area contributed by atoms with E-state index in [1.165, 1.54) is 0 Å². The van der Waals surface area contributed by atoms with Crippen LogP contribution >= 0.6 is 0 Å². The van der Waals surface area contributed by atoms with Gasteiger partial charge < -0.3 is 24.4 Å². The zero-order valence-electron chi connectivity index (χ0n) is 14.8. The van der Waals surface area contributed by atoms with E-state index in [4.69, 9.17) is 14.2 Å². The van der Waals surface area contributed by atoms with Crippen LogP contribution in [0.4, 0.5) is 10.5 Å². The van der Waals surface area contributed by atoms with Crippen molar-refractivity contribution in [3.05, 3.63) is 24.3 Å². The van der Waals surface area contributed by atoms with E-state index >= 15 is 0 Å². The van der Waals surface area contributed by atoms with Crippen LogP contribution in [0.25, 0.3) is 0 Å². The van der Waals surface area contributed by atoms with E-state index in [0.717, 1.165) is 57.3 Å².